The van der Waals surface area contributed by atoms with E-state index in [1.165, 1.54) is 0 Å². The van der Waals surface area contributed by atoms with Gasteiger partial charge >= 0.3 is 5.97 Å². The molecule has 0 fully saturated rings. The topological polar surface area (TPSA) is 47.6 Å². The van der Waals surface area contributed by atoms with Gasteiger partial charge in [-0.25, -0.2) is 0 Å². The highest BCUT2D eigenvalue weighted by atomic mass is 16.6. The molecule has 0 spiro atoms. The summed E-state index contributed by atoms with van der Waals surface area (Å²) >= 11 is 0. The van der Waals surface area contributed by atoms with Crippen molar-refractivity contribution in [1.29, 1.82) is 0 Å². The van der Waals surface area contributed by atoms with Gasteiger partial charge in [0.2, 0.25) is 0 Å². The predicted octanol–water partition coefficient (Wildman–Crippen LogP) is 2.39. The summed E-state index contributed by atoms with van der Waals surface area (Å²) in [7, 11) is 0. The van der Waals surface area contributed by atoms with Crippen LogP contribution >= 0.6 is 0 Å². The van der Waals surface area contributed by atoms with Crippen LogP contribution < -0.4 is 10.1 Å². The van der Waals surface area contributed by atoms with Crippen molar-refractivity contribution in [2.75, 3.05) is 19.8 Å². The number of para-hydroxylation sites is 1. The van der Waals surface area contributed by atoms with Gasteiger partial charge in [0.25, 0.3) is 0 Å². The van der Waals surface area contributed by atoms with E-state index in [0.29, 0.717) is 25.7 Å². The molecule has 106 valence electrons. The molecule has 1 aromatic carbocycles. The molecule has 1 N–H and O–H groups in total. The number of hydrogen-bond donors (Lipinski definition) is 1. The molecule has 0 aliphatic rings. The third-order valence-corrected chi connectivity index (χ3v) is 2.47. The summed E-state index contributed by atoms with van der Waals surface area (Å²) in [5.41, 5.74) is 0. The lowest BCUT2D eigenvalue weighted by Crippen LogP contribution is -2.24. The van der Waals surface area contributed by atoms with E-state index in [2.05, 4.69) is 19.2 Å². The van der Waals surface area contributed by atoms with Crippen molar-refractivity contribution in [1.82, 2.24) is 5.32 Å². The number of hydrogen-bond acceptors (Lipinski definition) is 4. The number of carbonyl (C=O) groups is 1. The maximum Gasteiger partial charge on any atom is 0.305 e. The summed E-state index contributed by atoms with van der Waals surface area (Å²) in [5, 5.41) is 3.26. The van der Waals surface area contributed by atoms with Crippen LogP contribution in [-0.2, 0) is 9.53 Å². The van der Waals surface area contributed by atoms with Crippen LogP contribution in [-0.4, -0.2) is 31.8 Å². The van der Waals surface area contributed by atoms with E-state index in [9.17, 15) is 4.79 Å². The van der Waals surface area contributed by atoms with Gasteiger partial charge in [-0.15, -0.1) is 0 Å². The number of rotatable bonds is 9. The largest absolute Gasteiger partial charge is 0.490 e. The molecule has 0 radical (unpaired) electrons. The Morgan fingerprint density at radius 2 is 1.95 bits per heavy atom. The van der Waals surface area contributed by atoms with Crippen molar-refractivity contribution >= 4 is 5.97 Å². The Labute approximate surface area is 115 Å². The Balaban J connectivity index is 1.98. The summed E-state index contributed by atoms with van der Waals surface area (Å²) in [4.78, 5) is 11.4. The molecule has 0 amide bonds. The Bertz CT molecular complexity index is 352. The van der Waals surface area contributed by atoms with Crippen molar-refractivity contribution in [3.63, 3.8) is 0 Å². The summed E-state index contributed by atoms with van der Waals surface area (Å²) in [6.45, 7) is 5.69. The molecule has 4 nitrogen and oxygen atoms in total. The zero-order valence-electron chi connectivity index (χ0n) is 11.7. The fraction of sp³-hybridized carbons (Fsp3) is 0.533. The minimum absolute atomic E-state index is 0.165. The first-order valence-corrected chi connectivity index (χ1v) is 6.75. The highest BCUT2D eigenvalue weighted by molar-refractivity contribution is 5.69. The molecule has 1 aromatic rings. The number of carbonyl (C=O) groups excluding carboxylic acids is 1. The van der Waals surface area contributed by atoms with Gasteiger partial charge in [-0.3, -0.25) is 4.79 Å². The van der Waals surface area contributed by atoms with Crippen LogP contribution in [0.25, 0.3) is 0 Å². The minimum Gasteiger partial charge on any atom is -0.490 e. The van der Waals surface area contributed by atoms with Crippen LogP contribution in [0.2, 0.25) is 0 Å². The number of ether oxygens (including phenoxy) is 2. The summed E-state index contributed by atoms with van der Waals surface area (Å²) < 4.78 is 10.5. The van der Waals surface area contributed by atoms with Crippen LogP contribution in [0.1, 0.15) is 26.7 Å². The number of esters is 1. The summed E-state index contributed by atoms with van der Waals surface area (Å²) in [6.07, 6.45) is 1.25. The lowest BCUT2D eigenvalue weighted by Gasteiger charge is -2.08. The van der Waals surface area contributed by atoms with Gasteiger partial charge in [0.1, 0.15) is 19.0 Å². The van der Waals surface area contributed by atoms with Crippen molar-refractivity contribution in [3.8, 4) is 5.75 Å². The van der Waals surface area contributed by atoms with Gasteiger partial charge in [0, 0.05) is 12.5 Å². The average molecular weight is 265 g/mol. The molecule has 0 bridgehead atoms. The van der Waals surface area contributed by atoms with E-state index in [1.54, 1.807) is 0 Å². The van der Waals surface area contributed by atoms with Crippen molar-refractivity contribution in [2.45, 2.75) is 32.7 Å². The molecule has 1 rings (SSSR count). The lowest BCUT2D eigenvalue weighted by atomic mass is 10.3. The highest BCUT2D eigenvalue weighted by Gasteiger charge is 2.03. The Morgan fingerprint density at radius 1 is 1.21 bits per heavy atom. The molecule has 0 unspecified atom stereocenters. The standard InChI is InChI=1S/C15H23NO3/c1-13(2)16-10-6-9-15(17)19-12-11-18-14-7-4-3-5-8-14/h3-5,7-8,13,16H,6,9-12H2,1-2H3. The molecular weight excluding hydrogens is 242 g/mol. The van der Waals surface area contributed by atoms with Gasteiger partial charge < -0.3 is 14.8 Å². The maximum atomic E-state index is 11.4. The first-order valence-electron chi connectivity index (χ1n) is 6.75. The molecule has 0 saturated carbocycles. The quantitative estimate of drug-likeness (QED) is 0.550. The molecule has 0 aliphatic heterocycles. The van der Waals surface area contributed by atoms with Gasteiger partial charge in [-0.1, -0.05) is 32.0 Å². The van der Waals surface area contributed by atoms with Crippen LogP contribution in [0, 0.1) is 0 Å². The SMILES string of the molecule is CC(C)NCCCC(=O)OCCOc1ccccc1. The predicted molar refractivity (Wildman–Crippen MR) is 75.3 cm³/mol. The zero-order chi connectivity index (χ0) is 13.9. The molecule has 0 saturated heterocycles. The first kappa shape index (κ1) is 15.5. The second kappa shape index (κ2) is 9.39. The van der Waals surface area contributed by atoms with Crippen LogP contribution in [0.5, 0.6) is 5.75 Å². The molecule has 19 heavy (non-hydrogen) atoms. The van der Waals surface area contributed by atoms with Gasteiger partial charge in [-0.05, 0) is 25.1 Å². The molecule has 0 aliphatic carbocycles. The lowest BCUT2D eigenvalue weighted by molar-refractivity contribution is -0.144. The zero-order valence-corrected chi connectivity index (χ0v) is 11.7. The Kier molecular flexibility index (Phi) is 7.66. The van der Waals surface area contributed by atoms with Crippen molar-refractivity contribution < 1.29 is 14.3 Å². The van der Waals surface area contributed by atoms with Gasteiger partial charge in [-0.2, -0.15) is 0 Å². The van der Waals surface area contributed by atoms with E-state index in [-0.39, 0.29) is 5.97 Å². The summed E-state index contributed by atoms with van der Waals surface area (Å²) in [6, 6.07) is 9.94. The monoisotopic (exact) mass is 265 g/mol. The molecular formula is C15H23NO3. The molecule has 0 heterocycles. The fourth-order valence-corrected chi connectivity index (χ4v) is 1.53. The van der Waals surface area contributed by atoms with E-state index in [4.69, 9.17) is 9.47 Å². The normalized spacial score (nSPS) is 10.5. The molecule has 4 heteroatoms. The molecule has 0 atom stereocenters. The Hall–Kier alpha value is -1.55. The average Bonchev–Trinajstić information content (AvgIpc) is 2.41. The van der Waals surface area contributed by atoms with Gasteiger partial charge in [0.15, 0.2) is 0 Å². The first-order chi connectivity index (χ1) is 9.18. The summed E-state index contributed by atoms with van der Waals surface area (Å²) in [5.74, 6) is 0.627. The van der Waals surface area contributed by atoms with Crippen LogP contribution in [0.3, 0.4) is 0 Å². The van der Waals surface area contributed by atoms with Crippen LogP contribution in [0.15, 0.2) is 30.3 Å². The van der Waals surface area contributed by atoms with Crippen molar-refractivity contribution in [2.24, 2.45) is 0 Å². The third kappa shape index (κ3) is 8.21. The van der Waals surface area contributed by atoms with Crippen molar-refractivity contribution in [3.05, 3.63) is 30.3 Å². The molecule has 0 aromatic heterocycles. The second-order valence-electron chi connectivity index (χ2n) is 4.59. The van der Waals surface area contributed by atoms with Gasteiger partial charge in [0.05, 0.1) is 0 Å². The number of benzene rings is 1. The van der Waals surface area contributed by atoms with E-state index < -0.39 is 0 Å². The van der Waals surface area contributed by atoms with E-state index >= 15 is 0 Å². The van der Waals surface area contributed by atoms with Crippen LogP contribution in [0.4, 0.5) is 0 Å². The third-order valence-electron chi connectivity index (χ3n) is 2.47. The minimum atomic E-state index is -0.165. The fourth-order valence-electron chi connectivity index (χ4n) is 1.53. The van der Waals surface area contributed by atoms with E-state index in [1.807, 2.05) is 30.3 Å². The van der Waals surface area contributed by atoms with E-state index in [0.717, 1.165) is 18.7 Å². The smallest absolute Gasteiger partial charge is 0.305 e. The maximum absolute atomic E-state index is 11.4. The highest BCUT2D eigenvalue weighted by Crippen LogP contribution is 2.07. The Morgan fingerprint density at radius 3 is 2.63 bits per heavy atom. The second-order valence-corrected chi connectivity index (χ2v) is 4.59. The number of nitrogens with one attached hydrogen (secondary N) is 1.